The number of aryl methyl sites for hydroxylation is 1. The van der Waals surface area contributed by atoms with Gasteiger partial charge in [0.2, 0.25) is 0 Å². The van der Waals surface area contributed by atoms with Crippen molar-refractivity contribution in [1.29, 1.82) is 0 Å². The third kappa shape index (κ3) is 1.17. The predicted octanol–water partition coefficient (Wildman–Crippen LogP) is 3.25. The van der Waals surface area contributed by atoms with Gasteiger partial charge in [0.15, 0.2) is 0 Å². The summed E-state index contributed by atoms with van der Waals surface area (Å²) < 4.78 is 2.52. The molecule has 2 rings (SSSR count). The molecule has 12 heavy (non-hydrogen) atoms. The average Bonchev–Trinajstić information content (AvgIpc) is 2.75. The fourth-order valence-electron chi connectivity index (χ4n) is 1.87. The van der Waals surface area contributed by atoms with Crippen LogP contribution in [0.3, 0.4) is 0 Å². The molecule has 0 atom stereocenters. The summed E-state index contributed by atoms with van der Waals surface area (Å²) in [5.74, 6) is 0.666. The minimum Gasteiger partial charge on any atom is -0.346 e. The first-order chi connectivity index (χ1) is 5.70. The number of nitrogens with zero attached hydrogens (tertiary/aromatic N) is 1. The number of rotatable bonds is 2. The number of hydrogen-bond donors (Lipinski definition) is 0. The second-order valence-corrected chi connectivity index (χ2v) is 4.16. The molecule has 0 bridgehead atoms. The van der Waals surface area contributed by atoms with E-state index in [1.807, 2.05) is 0 Å². The molecule has 0 spiro atoms. The third-order valence-electron chi connectivity index (χ3n) is 2.66. The van der Waals surface area contributed by atoms with Crippen LogP contribution in [-0.4, -0.2) is 4.57 Å². The Bertz CT molecular complexity index is 279. The molecule has 1 saturated carbocycles. The molecule has 1 heterocycles. The van der Waals surface area contributed by atoms with Crippen LogP contribution in [0.25, 0.3) is 0 Å². The Morgan fingerprint density at radius 1 is 1.33 bits per heavy atom. The summed E-state index contributed by atoms with van der Waals surface area (Å²) in [7, 11) is 0. The molecule has 0 unspecified atom stereocenters. The molecule has 1 aliphatic rings. The van der Waals surface area contributed by atoms with Crippen LogP contribution < -0.4 is 0 Å². The highest BCUT2D eigenvalue weighted by atomic mass is 15.1. The van der Waals surface area contributed by atoms with Crippen molar-refractivity contribution >= 4 is 0 Å². The molecule has 0 aliphatic heterocycles. The highest BCUT2D eigenvalue weighted by Crippen LogP contribution is 2.38. The molecule has 0 amide bonds. The monoisotopic (exact) mass is 163 g/mol. The average molecular weight is 163 g/mol. The molecule has 0 N–H and O–H groups in total. The number of aromatic nitrogens is 1. The van der Waals surface area contributed by atoms with E-state index >= 15 is 0 Å². The van der Waals surface area contributed by atoms with Crippen molar-refractivity contribution in [2.24, 2.45) is 0 Å². The van der Waals surface area contributed by atoms with Gasteiger partial charge in [-0.15, -0.1) is 0 Å². The first-order valence-electron chi connectivity index (χ1n) is 4.88. The van der Waals surface area contributed by atoms with Crippen LogP contribution >= 0.6 is 0 Å². The lowest BCUT2D eigenvalue weighted by molar-refractivity contribution is 0.643. The van der Waals surface area contributed by atoms with Crippen molar-refractivity contribution in [2.45, 2.75) is 45.6 Å². The molecule has 1 aromatic rings. The van der Waals surface area contributed by atoms with Gasteiger partial charge in [0.05, 0.1) is 0 Å². The largest absolute Gasteiger partial charge is 0.346 e. The summed E-state index contributed by atoms with van der Waals surface area (Å²) >= 11 is 0. The van der Waals surface area contributed by atoms with Gasteiger partial charge in [-0.3, -0.25) is 0 Å². The van der Waals surface area contributed by atoms with Gasteiger partial charge in [0.1, 0.15) is 0 Å². The summed E-state index contributed by atoms with van der Waals surface area (Å²) in [6, 6.07) is 5.35. The van der Waals surface area contributed by atoms with Crippen LogP contribution in [0.15, 0.2) is 12.1 Å². The standard InChI is InChI=1S/C11H17N/c1-8(2)11-7-4-9(3)12(11)10-5-6-10/h4,7-8,10H,5-6H2,1-3H3. The Morgan fingerprint density at radius 2 is 2.00 bits per heavy atom. The lowest BCUT2D eigenvalue weighted by Crippen LogP contribution is -2.03. The van der Waals surface area contributed by atoms with Crippen molar-refractivity contribution in [1.82, 2.24) is 4.57 Å². The second-order valence-electron chi connectivity index (χ2n) is 4.16. The molecular weight excluding hydrogens is 146 g/mol. The molecular formula is C11H17N. The van der Waals surface area contributed by atoms with E-state index in [1.54, 1.807) is 0 Å². The first kappa shape index (κ1) is 7.90. The molecule has 66 valence electrons. The van der Waals surface area contributed by atoms with Gasteiger partial charge >= 0.3 is 0 Å². The number of hydrogen-bond acceptors (Lipinski definition) is 0. The maximum atomic E-state index is 2.52. The molecule has 1 aromatic heterocycles. The lowest BCUT2D eigenvalue weighted by atomic mass is 10.1. The van der Waals surface area contributed by atoms with Gasteiger partial charge in [0.25, 0.3) is 0 Å². The Kier molecular flexibility index (Phi) is 1.75. The van der Waals surface area contributed by atoms with Gasteiger partial charge in [-0.25, -0.2) is 0 Å². The second kappa shape index (κ2) is 2.65. The third-order valence-corrected chi connectivity index (χ3v) is 2.66. The van der Waals surface area contributed by atoms with Crippen molar-refractivity contribution < 1.29 is 0 Å². The molecule has 1 fully saturated rings. The summed E-state index contributed by atoms with van der Waals surface area (Å²) in [5, 5.41) is 0. The minimum atomic E-state index is 0.666. The Balaban J connectivity index is 2.39. The van der Waals surface area contributed by atoms with E-state index in [-0.39, 0.29) is 0 Å². The zero-order valence-corrected chi connectivity index (χ0v) is 8.17. The normalized spacial score (nSPS) is 17.3. The molecule has 1 aliphatic carbocycles. The van der Waals surface area contributed by atoms with E-state index in [0.717, 1.165) is 6.04 Å². The molecule has 1 heteroatoms. The fraction of sp³-hybridized carbons (Fsp3) is 0.636. The SMILES string of the molecule is Cc1ccc(C(C)C)n1C1CC1. The van der Waals surface area contributed by atoms with E-state index in [0.29, 0.717) is 5.92 Å². The van der Waals surface area contributed by atoms with Gasteiger partial charge < -0.3 is 4.57 Å². The van der Waals surface area contributed by atoms with Gasteiger partial charge in [0, 0.05) is 17.4 Å². The fourth-order valence-corrected chi connectivity index (χ4v) is 1.87. The van der Waals surface area contributed by atoms with E-state index < -0.39 is 0 Å². The van der Waals surface area contributed by atoms with Crippen molar-refractivity contribution in [3.05, 3.63) is 23.5 Å². The smallest absolute Gasteiger partial charge is 0.0337 e. The zero-order chi connectivity index (χ0) is 8.72. The van der Waals surface area contributed by atoms with Crippen LogP contribution in [0.4, 0.5) is 0 Å². The Labute approximate surface area is 74.4 Å². The van der Waals surface area contributed by atoms with Gasteiger partial charge in [-0.1, -0.05) is 13.8 Å². The molecule has 1 nitrogen and oxygen atoms in total. The minimum absolute atomic E-state index is 0.666. The zero-order valence-electron chi connectivity index (χ0n) is 8.17. The van der Waals surface area contributed by atoms with Crippen LogP contribution in [0.5, 0.6) is 0 Å². The highest BCUT2D eigenvalue weighted by Gasteiger charge is 2.26. The summed E-state index contributed by atoms with van der Waals surface area (Å²) in [5.41, 5.74) is 2.94. The summed E-state index contributed by atoms with van der Waals surface area (Å²) in [6.07, 6.45) is 2.77. The van der Waals surface area contributed by atoms with Crippen LogP contribution in [0, 0.1) is 6.92 Å². The van der Waals surface area contributed by atoms with Crippen LogP contribution in [0.2, 0.25) is 0 Å². The van der Waals surface area contributed by atoms with Crippen LogP contribution in [-0.2, 0) is 0 Å². The quantitative estimate of drug-likeness (QED) is 0.630. The lowest BCUT2D eigenvalue weighted by Gasteiger charge is -2.12. The van der Waals surface area contributed by atoms with Crippen molar-refractivity contribution in [2.75, 3.05) is 0 Å². The van der Waals surface area contributed by atoms with E-state index in [2.05, 4.69) is 37.5 Å². The predicted molar refractivity (Wildman–Crippen MR) is 51.5 cm³/mol. The summed E-state index contributed by atoms with van der Waals surface area (Å²) in [4.78, 5) is 0. The van der Waals surface area contributed by atoms with Crippen LogP contribution in [0.1, 0.15) is 50.0 Å². The topological polar surface area (TPSA) is 4.93 Å². The highest BCUT2D eigenvalue weighted by molar-refractivity contribution is 5.20. The van der Waals surface area contributed by atoms with E-state index in [9.17, 15) is 0 Å². The Morgan fingerprint density at radius 3 is 2.50 bits per heavy atom. The molecule has 0 aromatic carbocycles. The van der Waals surface area contributed by atoms with Gasteiger partial charge in [-0.05, 0) is 37.8 Å². The van der Waals surface area contributed by atoms with E-state index in [1.165, 1.54) is 24.2 Å². The molecule has 0 radical (unpaired) electrons. The van der Waals surface area contributed by atoms with Gasteiger partial charge in [-0.2, -0.15) is 0 Å². The maximum absolute atomic E-state index is 2.52. The summed E-state index contributed by atoms with van der Waals surface area (Å²) in [6.45, 7) is 6.76. The Hall–Kier alpha value is -0.720. The maximum Gasteiger partial charge on any atom is 0.0337 e. The first-order valence-corrected chi connectivity index (χ1v) is 4.88. The van der Waals surface area contributed by atoms with Crippen molar-refractivity contribution in [3.8, 4) is 0 Å². The van der Waals surface area contributed by atoms with E-state index in [4.69, 9.17) is 0 Å². The molecule has 0 saturated heterocycles. The van der Waals surface area contributed by atoms with Crippen molar-refractivity contribution in [3.63, 3.8) is 0 Å².